The van der Waals surface area contributed by atoms with Gasteiger partial charge in [0.1, 0.15) is 5.38 Å². The molecule has 0 spiro atoms. The third kappa shape index (κ3) is 4.81. The topological polar surface area (TPSA) is 58.2 Å². The molecule has 1 rings (SSSR count). The second-order valence-electron chi connectivity index (χ2n) is 3.22. The number of rotatable bonds is 2. The maximum Gasteiger partial charge on any atom is 0.325 e. The van der Waals surface area contributed by atoms with Gasteiger partial charge < -0.3 is 5.32 Å². The van der Waals surface area contributed by atoms with Crippen molar-refractivity contribution in [2.45, 2.75) is 12.3 Å². The van der Waals surface area contributed by atoms with E-state index in [0.717, 1.165) is 0 Å². The summed E-state index contributed by atoms with van der Waals surface area (Å²) in [7, 11) is 0. The van der Waals surface area contributed by atoms with Gasteiger partial charge in [0.15, 0.2) is 0 Å². The fourth-order valence-corrected chi connectivity index (χ4v) is 1.58. The molecule has 1 unspecified atom stereocenters. The largest absolute Gasteiger partial charge is 0.325 e. The number of nitrogens with one attached hydrogen (secondary N) is 2. The predicted molar refractivity (Wildman–Crippen MR) is 68.9 cm³/mol. The normalized spacial score (nSPS) is 11.8. The van der Waals surface area contributed by atoms with Crippen LogP contribution in [0, 0.1) is 0 Å². The lowest BCUT2D eigenvalue weighted by molar-refractivity contribution is -0.119. The number of carbonyl (C=O) groups excluding carboxylic acids is 2. The van der Waals surface area contributed by atoms with Gasteiger partial charge in [0.25, 0.3) is 0 Å². The number of hydrogen-bond acceptors (Lipinski definition) is 2. The van der Waals surface area contributed by atoms with Crippen LogP contribution in [-0.4, -0.2) is 17.3 Å². The lowest BCUT2D eigenvalue weighted by atomic mass is 10.3. The van der Waals surface area contributed by atoms with Crippen molar-refractivity contribution < 1.29 is 9.59 Å². The van der Waals surface area contributed by atoms with E-state index in [1.807, 2.05) is 0 Å². The van der Waals surface area contributed by atoms with Gasteiger partial charge in [-0.05, 0) is 25.1 Å². The van der Waals surface area contributed by atoms with Gasteiger partial charge in [0.2, 0.25) is 5.91 Å². The van der Waals surface area contributed by atoms with E-state index in [1.165, 1.54) is 25.1 Å². The molecule has 0 bridgehead atoms. The van der Waals surface area contributed by atoms with Crippen LogP contribution in [0.25, 0.3) is 0 Å². The molecular formula is C10H9Cl3N2O2. The van der Waals surface area contributed by atoms with Crippen LogP contribution in [0.15, 0.2) is 18.2 Å². The maximum atomic E-state index is 11.4. The molecule has 0 saturated carbocycles. The summed E-state index contributed by atoms with van der Waals surface area (Å²) in [5.41, 5.74) is 0.384. The highest BCUT2D eigenvalue weighted by Crippen LogP contribution is 2.22. The first-order chi connectivity index (χ1) is 7.88. The minimum atomic E-state index is -0.788. The molecule has 0 fully saturated rings. The van der Waals surface area contributed by atoms with E-state index in [9.17, 15) is 9.59 Å². The van der Waals surface area contributed by atoms with Crippen LogP contribution in [-0.2, 0) is 4.79 Å². The van der Waals surface area contributed by atoms with Gasteiger partial charge in [-0.25, -0.2) is 4.79 Å². The number of urea groups is 1. The fourth-order valence-electron chi connectivity index (χ4n) is 1.000. The Labute approximate surface area is 113 Å². The number of amides is 3. The van der Waals surface area contributed by atoms with Crippen molar-refractivity contribution in [3.63, 3.8) is 0 Å². The Balaban J connectivity index is 2.65. The highest BCUT2D eigenvalue weighted by molar-refractivity contribution is 6.35. The number of hydrogen-bond donors (Lipinski definition) is 2. The summed E-state index contributed by atoms with van der Waals surface area (Å²) in [4.78, 5) is 22.5. The molecule has 0 aliphatic heterocycles. The molecule has 1 atom stereocenters. The molecule has 0 radical (unpaired) electrons. The minimum Gasteiger partial charge on any atom is -0.308 e. The number of carbonyl (C=O) groups is 2. The summed E-state index contributed by atoms with van der Waals surface area (Å²) < 4.78 is 0. The molecule has 7 heteroatoms. The van der Waals surface area contributed by atoms with Crippen molar-refractivity contribution in [3.05, 3.63) is 28.2 Å². The number of alkyl halides is 1. The average molecular weight is 296 g/mol. The van der Waals surface area contributed by atoms with Crippen LogP contribution < -0.4 is 10.6 Å². The predicted octanol–water partition coefficient (Wildman–Crippen LogP) is 3.27. The van der Waals surface area contributed by atoms with Crippen molar-refractivity contribution in [2.24, 2.45) is 0 Å². The van der Waals surface area contributed by atoms with Crippen LogP contribution >= 0.6 is 34.8 Å². The molecule has 4 nitrogen and oxygen atoms in total. The van der Waals surface area contributed by atoms with Crippen LogP contribution in [0.2, 0.25) is 10.0 Å². The minimum absolute atomic E-state index is 0.379. The van der Waals surface area contributed by atoms with E-state index in [0.29, 0.717) is 15.7 Å². The van der Waals surface area contributed by atoms with Gasteiger partial charge in [-0.15, -0.1) is 11.6 Å². The Kier molecular flexibility index (Phi) is 5.05. The summed E-state index contributed by atoms with van der Waals surface area (Å²) in [6, 6.07) is 3.84. The first kappa shape index (κ1) is 14.1. The van der Waals surface area contributed by atoms with Gasteiger partial charge in [-0.3, -0.25) is 10.1 Å². The first-order valence-electron chi connectivity index (χ1n) is 4.60. The van der Waals surface area contributed by atoms with Crippen molar-refractivity contribution >= 4 is 52.4 Å². The standard InChI is InChI=1S/C10H9Cl3N2O2/c1-5(11)9(16)15-10(17)14-8-3-6(12)2-7(13)4-8/h2-5H,1H3,(H2,14,15,16,17). The monoisotopic (exact) mass is 294 g/mol. The third-order valence-corrected chi connectivity index (χ3v) is 2.35. The highest BCUT2D eigenvalue weighted by atomic mass is 35.5. The summed E-state index contributed by atoms with van der Waals surface area (Å²) in [5, 5.41) is 4.44. The first-order valence-corrected chi connectivity index (χ1v) is 5.79. The Morgan fingerprint density at radius 1 is 1.18 bits per heavy atom. The highest BCUT2D eigenvalue weighted by Gasteiger charge is 2.13. The van der Waals surface area contributed by atoms with Crippen molar-refractivity contribution in [2.75, 3.05) is 5.32 Å². The maximum absolute atomic E-state index is 11.4. The lowest BCUT2D eigenvalue weighted by Crippen LogP contribution is -2.38. The van der Waals surface area contributed by atoms with Gasteiger partial charge in [0, 0.05) is 15.7 Å². The second-order valence-corrected chi connectivity index (χ2v) is 4.75. The zero-order valence-corrected chi connectivity index (χ0v) is 11.0. The Morgan fingerprint density at radius 2 is 1.71 bits per heavy atom. The molecule has 2 N–H and O–H groups in total. The van der Waals surface area contributed by atoms with Crippen molar-refractivity contribution in [1.82, 2.24) is 5.32 Å². The van der Waals surface area contributed by atoms with E-state index in [1.54, 1.807) is 0 Å². The molecular weight excluding hydrogens is 286 g/mol. The summed E-state index contributed by atoms with van der Waals surface area (Å²) in [6.07, 6.45) is 0. The Morgan fingerprint density at radius 3 is 2.18 bits per heavy atom. The van der Waals surface area contributed by atoms with Gasteiger partial charge in [0.05, 0.1) is 0 Å². The molecule has 1 aromatic rings. The second kappa shape index (κ2) is 6.10. The molecule has 0 aliphatic carbocycles. The summed E-state index contributed by atoms with van der Waals surface area (Å²) in [5.74, 6) is -0.586. The van der Waals surface area contributed by atoms with Crippen molar-refractivity contribution in [3.8, 4) is 0 Å². The zero-order valence-electron chi connectivity index (χ0n) is 8.76. The fraction of sp³-hybridized carbons (Fsp3) is 0.200. The smallest absolute Gasteiger partial charge is 0.308 e. The van der Waals surface area contributed by atoms with E-state index in [4.69, 9.17) is 34.8 Å². The molecule has 0 aromatic heterocycles. The number of anilines is 1. The Bertz CT molecular complexity index is 429. The number of benzene rings is 1. The van der Waals surface area contributed by atoms with Gasteiger partial charge in [-0.2, -0.15) is 0 Å². The number of imide groups is 1. The molecule has 3 amide bonds. The number of halogens is 3. The van der Waals surface area contributed by atoms with Crippen LogP contribution in [0.3, 0.4) is 0 Å². The van der Waals surface area contributed by atoms with Gasteiger partial charge >= 0.3 is 6.03 Å². The van der Waals surface area contributed by atoms with E-state index in [-0.39, 0.29) is 0 Å². The van der Waals surface area contributed by atoms with E-state index >= 15 is 0 Å². The third-order valence-electron chi connectivity index (χ3n) is 1.72. The molecule has 0 aliphatic rings. The van der Waals surface area contributed by atoms with E-state index < -0.39 is 17.3 Å². The SMILES string of the molecule is CC(Cl)C(=O)NC(=O)Nc1cc(Cl)cc(Cl)c1. The molecule has 1 aromatic carbocycles. The summed E-state index contributed by atoms with van der Waals surface area (Å²) >= 11 is 17.0. The Hall–Kier alpha value is -0.970. The molecule has 0 saturated heterocycles. The van der Waals surface area contributed by atoms with Crippen LogP contribution in [0.1, 0.15) is 6.92 Å². The zero-order chi connectivity index (χ0) is 13.0. The molecule has 17 heavy (non-hydrogen) atoms. The quantitative estimate of drug-likeness (QED) is 0.823. The molecule has 92 valence electrons. The van der Waals surface area contributed by atoms with Crippen molar-refractivity contribution in [1.29, 1.82) is 0 Å². The average Bonchev–Trinajstić information content (AvgIpc) is 2.14. The lowest BCUT2D eigenvalue weighted by Gasteiger charge is -2.08. The van der Waals surface area contributed by atoms with Gasteiger partial charge in [-0.1, -0.05) is 23.2 Å². The molecule has 0 heterocycles. The van der Waals surface area contributed by atoms with Crippen LogP contribution in [0.5, 0.6) is 0 Å². The summed E-state index contributed by atoms with van der Waals surface area (Å²) in [6.45, 7) is 1.46. The van der Waals surface area contributed by atoms with E-state index in [2.05, 4.69) is 10.6 Å². The van der Waals surface area contributed by atoms with Crippen LogP contribution in [0.4, 0.5) is 10.5 Å².